The van der Waals surface area contributed by atoms with Crippen LogP contribution in [-0.2, 0) is 44.8 Å². The molecule has 7 amide bonds. The number of imide groups is 1. The van der Waals surface area contributed by atoms with Crippen LogP contribution in [0.5, 0.6) is 0 Å². The topological polar surface area (TPSA) is 243 Å². The number of fused-ring (bicyclic) bond motifs is 2. The van der Waals surface area contributed by atoms with Crippen LogP contribution in [0.25, 0.3) is 0 Å². The number of hydrogen-bond donors (Lipinski definition) is 6. The average molecular weight is 1110 g/mol. The molecule has 3 aliphatic heterocycles. The van der Waals surface area contributed by atoms with E-state index in [9.17, 15) is 43.5 Å². The van der Waals surface area contributed by atoms with E-state index in [1.54, 1.807) is 25.6 Å². The molecule has 7 N–H and O–H groups in total. The van der Waals surface area contributed by atoms with Gasteiger partial charge in [-0.2, -0.15) is 0 Å². The highest BCUT2D eigenvalue weighted by Crippen LogP contribution is 2.68. The second-order valence-electron chi connectivity index (χ2n) is 24.3. The first-order valence-corrected chi connectivity index (χ1v) is 29.1. The number of Topliss-reactive ketones (excluding diaryl/α,β-unsaturated/α-hetero) is 1. The number of rotatable bonds is 23. The molecule has 426 valence electrons. The number of nitrogens with one attached hydrogen (secondary N) is 4. The van der Waals surface area contributed by atoms with Gasteiger partial charge in [0.2, 0.25) is 17.7 Å². The number of quaternary nitrogens is 1. The molecular formula is C58H86ClN7O10S. The Balaban J connectivity index is 0.00000961. The van der Waals surface area contributed by atoms with Crippen molar-refractivity contribution in [3.63, 3.8) is 0 Å². The molecule has 6 aliphatic rings. The number of unbranched alkanes of at least 4 members (excludes halogenated alkanes) is 2. The van der Waals surface area contributed by atoms with Crippen molar-refractivity contribution in [1.82, 2.24) is 20.9 Å². The number of benzene rings is 1. The van der Waals surface area contributed by atoms with Crippen molar-refractivity contribution in [2.45, 2.75) is 186 Å². The molecule has 1 aromatic rings. The highest BCUT2D eigenvalue weighted by atomic mass is 35.5. The van der Waals surface area contributed by atoms with E-state index < -0.39 is 53.0 Å². The van der Waals surface area contributed by atoms with Gasteiger partial charge in [-0.15, -0.1) is 18.3 Å². The van der Waals surface area contributed by atoms with E-state index in [0.29, 0.717) is 61.5 Å². The fraction of sp³-hybridized carbons (Fsp3) is 0.690. The largest absolute Gasteiger partial charge is 1.00 e. The minimum Gasteiger partial charge on any atom is -1.00 e. The summed E-state index contributed by atoms with van der Waals surface area (Å²) in [5.74, 6) is -2.23. The summed E-state index contributed by atoms with van der Waals surface area (Å²) in [4.78, 5) is 105. The average Bonchev–Trinajstić information content (AvgIpc) is 3.94. The molecule has 7 rings (SSSR count). The van der Waals surface area contributed by atoms with Gasteiger partial charge in [-0.25, -0.2) is 4.79 Å². The van der Waals surface area contributed by atoms with E-state index >= 15 is 0 Å². The van der Waals surface area contributed by atoms with Crippen LogP contribution in [0, 0.1) is 39.9 Å². The molecule has 14 atom stereocenters. The van der Waals surface area contributed by atoms with Crippen LogP contribution in [0.4, 0.5) is 10.5 Å². The minimum absolute atomic E-state index is 0. The van der Waals surface area contributed by atoms with Gasteiger partial charge < -0.3 is 53.7 Å². The molecule has 2 saturated heterocycles. The van der Waals surface area contributed by atoms with Crippen molar-refractivity contribution < 1.29 is 65.1 Å². The van der Waals surface area contributed by atoms with Crippen LogP contribution < -0.4 is 39.4 Å². The van der Waals surface area contributed by atoms with Crippen molar-refractivity contribution in [2.24, 2.45) is 45.7 Å². The van der Waals surface area contributed by atoms with Gasteiger partial charge in [0.25, 0.3) is 11.8 Å². The maximum atomic E-state index is 14.0. The summed E-state index contributed by atoms with van der Waals surface area (Å²) in [7, 11) is 2.33. The van der Waals surface area contributed by atoms with Gasteiger partial charge in [0.05, 0.1) is 31.0 Å². The summed E-state index contributed by atoms with van der Waals surface area (Å²) in [6.07, 6.45) is 13.1. The number of urea groups is 1. The quantitative estimate of drug-likeness (QED) is 0.0305. The number of amides is 7. The van der Waals surface area contributed by atoms with Gasteiger partial charge in [0.1, 0.15) is 30.5 Å². The summed E-state index contributed by atoms with van der Waals surface area (Å²) in [6, 6.07) is 5.99. The first-order chi connectivity index (χ1) is 35.9. The molecule has 5 fully saturated rings. The molecule has 77 heavy (non-hydrogen) atoms. The maximum Gasteiger partial charge on any atom is 0.316 e. The van der Waals surface area contributed by atoms with E-state index in [0.717, 1.165) is 66.4 Å². The Morgan fingerprint density at radius 3 is 2.22 bits per heavy atom. The summed E-state index contributed by atoms with van der Waals surface area (Å²) >= 11 is 1.69. The van der Waals surface area contributed by atoms with Gasteiger partial charge in [0.15, 0.2) is 0 Å². The summed E-state index contributed by atoms with van der Waals surface area (Å²) in [5.41, 5.74) is 5.40. The monoisotopic (exact) mass is 1110 g/mol. The normalized spacial score (nSPS) is 33.0. The fourth-order valence-electron chi connectivity index (χ4n) is 14.5. The van der Waals surface area contributed by atoms with Crippen molar-refractivity contribution in [3.05, 3.63) is 54.6 Å². The number of ether oxygens (including phenoxy) is 1. The van der Waals surface area contributed by atoms with Crippen LogP contribution in [0.3, 0.4) is 0 Å². The number of ketones is 1. The lowest BCUT2D eigenvalue weighted by Crippen LogP contribution is -3.00. The Hall–Kier alpha value is -4.78. The number of thioether (sulfide) groups is 1. The highest BCUT2D eigenvalue weighted by molar-refractivity contribution is 8.00. The van der Waals surface area contributed by atoms with Gasteiger partial charge in [-0.3, -0.25) is 38.5 Å². The van der Waals surface area contributed by atoms with E-state index in [4.69, 9.17) is 10.5 Å². The predicted molar refractivity (Wildman–Crippen MR) is 292 cm³/mol. The molecule has 3 heterocycles. The first kappa shape index (κ1) is 61.4. The lowest BCUT2D eigenvalue weighted by molar-refractivity contribution is -0.960. The lowest BCUT2D eigenvalue weighted by Gasteiger charge is -2.61. The number of esters is 1. The van der Waals surface area contributed by atoms with Crippen molar-refractivity contribution in [3.8, 4) is 0 Å². The number of anilines is 1. The highest BCUT2D eigenvalue weighted by Gasteiger charge is 2.68. The fourth-order valence-corrected chi connectivity index (χ4v) is 15.7. The molecule has 0 radical (unpaired) electrons. The predicted octanol–water partition coefficient (Wildman–Crippen LogP) is 3.47. The number of aliphatic hydroxyl groups excluding tert-OH is 1. The van der Waals surface area contributed by atoms with Crippen LogP contribution in [0.1, 0.15) is 143 Å². The summed E-state index contributed by atoms with van der Waals surface area (Å²) < 4.78 is 7.48. The summed E-state index contributed by atoms with van der Waals surface area (Å²) in [6.45, 7) is 17.6. The van der Waals surface area contributed by atoms with E-state index in [-0.39, 0.29) is 103 Å². The minimum atomic E-state index is -0.990. The number of carbonyl (C=O) groups is 8. The zero-order chi connectivity index (χ0) is 55.3. The third-order valence-corrected chi connectivity index (χ3v) is 20.6. The Bertz CT molecular complexity index is 2370. The van der Waals surface area contributed by atoms with Crippen LogP contribution in [-0.4, -0.2) is 129 Å². The third kappa shape index (κ3) is 13.3. The zero-order valence-corrected chi connectivity index (χ0v) is 48.0. The third-order valence-electron chi connectivity index (χ3n) is 19.4. The van der Waals surface area contributed by atoms with Crippen LogP contribution in [0.2, 0.25) is 0 Å². The number of halogens is 1. The molecule has 0 spiro atoms. The Morgan fingerprint density at radius 2 is 1.60 bits per heavy atom. The van der Waals surface area contributed by atoms with Crippen molar-refractivity contribution in [2.75, 3.05) is 31.2 Å². The van der Waals surface area contributed by atoms with E-state index in [1.165, 1.54) is 12.2 Å². The second kappa shape index (κ2) is 25.6. The number of carbonyl (C=O) groups excluding carboxylic acids is 8. The Labute approximate surface area is 466 Å². The van der Waals surface area contributed by atoms with Gasteiger partial charge >= 0.3 is 12.0 Å². The van der Waals surface area contributed by atoms with Crippen molar-refractivity contribution in [1.29, 1.82) is 0 Å². The number of nitrogens with two attached hydrogens (primary N) is 1. The standard InChI is InChI=1S/C58H85N7O10S.ClH/c1-9-56(6)32-45(57(7)36(4)24-26-58(37(5)52(56)71)27-25-44(66)51(57)58)75-49(70)34-76-42-30-40-20-21-41(31-42)65(40,8)33-38-16-18-39(19-17-38)61-53(72)43(14-13-28-60-55(59)74)62-54(73)50(35(2)3)63-46(67)15-11-10-12-29-64-47(68)22-23-48(64)69;/h9,16-19,22-23,35-37,40-43,45,50-52,71H,1,10-15,20-21,24-34H2,2-8H3,(H5-,59,60,61,62,63,67,72,73,74);1H/t36-,37+,40-,41+,42?,43+,45-,50+,51+,52+,56-,57+,58+,65?;/m1./s1. The van der Waals surface area contributed by atoms with Crippen molar-refractivity contribution >= 4 is 64.8 Å². The molecule has 2 unspecified atom stereocenters. The zero-order valence-electron chi connectivity index (χ0n) is 46.4. The number of piperidine rings is 1. The lowest BCUT2D eigenvalue weighted by atomic mass is 9.44. The molecule has 19 heteroatoms. The molecule has 4 bridgehead atoms. The maximum absolute atomic E-state index is 14.0. The molecule has 1 aromatic carbocycles. The molecule has 3 saturated carbocycles. The van der Waals surface area contributed by atoms with E-state index in [1.807, 2.05) is 37.3 Å². The van der Waals surface area contributed by atoms with E-state index in [2.05, 4.69) is 55.7 Å². The van der Waals surface area contributed by atoms with Crippen LogP contribution in [0.15, 0.2) is 49.1 Å². The van der Waals surface area contributed by atoms with Gasteiger partial charge in [-0.1, -0.05) is 66.2 Å². The molecule has 0 aromatic heterocycles. The molecule has 3 aliphatic carbocycles. The van der Waals surface area contributed by atoms with Gasteiger partial charge in [-0.05, 0) is 86.7 Å². The molecular weight excluding hydrogens is 1020 g/mol. The SMILES string of the molecule is C=C[C@]1(C)C[C@@H](OC(=O)CSC2C[C@H]3CC[C@@H](C2)[N+]3(C)Cc2ccc(NC(=O)[C@H](CCCNC(N)=O)NC(=O)[C@@H](NC(=O)CCCCCN3C(=O)C=CC3=O)C(C)C)cc2)[C@]2(C)[C@H](C)CC[C@]3(CCC(=O)[C@H]32)[C@@H](C)[C@@H]1O.[Cl-]. The summed E-state index contributed by atoms with van der Waals surface area (Å²) in [5, 5.41) is 23.4. The van der Waals surface area contributed by atoms with Crippen LogP contribution >= 0.6 is 11.8 Å². The number of primary amides is 1. The Morgan fingerprint density at radius 1 is 0.935 bits per heavy atom. The molecule has 17 nitrogen and oxygen atoms in total. The number of aliphatic hydroxyl groups is 1. The Kier molecular flexibility index (Phi) is 20.4. The number of hydrogen-bond acceptors (Lipinski definition) is 11. The number of nitrogens with zero attached hydrogens (tertiary/aromatic N) is 2. The van der Waals surface area contributed by atoms with Gasteiger partial charge in [0, 0.05) is 97.0 Å². The smallest absolute Gasteiger partial charge is 0.316 e. The second-order valence-corrected chi connectivity index (χ2v) is 25.6. The first-order valence-electron chi connectivity index (χ1n) is 28.0.